The van der Waals surface area contributed by atoms with Gasteiger partial charge in [0.05, 0.1) is 19.9 Å². The molecule has 4 nitrogen and oxygen atoms in total. The fraction of sp³-hybridized carbons (Fsp3) is 0.316. The Morgan fingerprint density at radius 2 is 1.83 bits per heavy atom. The lowest BCUT2D eigenvalue weighted by molar-refractivity contribution is 0.395. The first kappa shape index (κ1) is 18.1. The van der Waals surface area contributed by atoms with E-state index in [-0.39, 0.29) is 6.04 Å². The van der Waals surface area contributed by atoms with Crippen molar-refractivity contribution in [3.05, 3.63) is 54.1 Å². The topological polar surface area (TPSA) is 42.5 Å². The number of ether oxygens (including phenoxy) is 2. The maximum absolute atomic E-state index is 5.40. The van der Waals surface area contributed by atoms with E-state index in [1.807, 2.05) is 24.3 Å². The van der Waals surface area contributed by atoms with E-state index in [9.17, 15) is 0 Å². The number of benzene rings is 2. The molecule has 2 aromatic carbocycles. The Labute approximate surface area is 149 Å². The van der Waals surface area contributed by atoms with Gasteiger partial charge in [0.25, 0.3) is 0 Å². The van der Waals surface area contributed by atoms with Crippen LogP contribution >= 0.6 is 12.2 Å². The van der Waals surface area contributed by atoms with Crippen molar-refractivity contribution in [2.75, 3.05) is 19.5 Å². The molecule has 1 unspecified atom stereocenters. The average Bonchev–Trinajstić information content (AvgIpc) is 2.61. The first-order chi connectivity index (χ1) is 11.6. The third-order valence-electron chi connectivity index (χ3n) is 3.74. The number of nitrogens with one attached hydrogen (secondary N) is 2. The first-order valence-electron chi connectivity index (χ1n) is 7.96. The lowest BCUT2D eigenvalue weighted by Gasteiger charge is -2.18. The van der Waals surface area contributed by atoms with E-state index in [0.29, 0.717) is 10.9 Å². The van der Waals surface area contributed by atoms with E-state index in [4.69, 9.17) is 21.7 Å². The standard InChI is InChI=1S/C19H24N2O2S/c1-14(9-10-15-7-5-4-6-8-15)20-19(24)21-17-12-11-16(22-2)13-18(17)23-3/h4-8,11-14H,9-10H2,1-3H3,(H2,20,21,24). The number of methoxy groups -OCH3 is 2. The fourth-order valence-corrected chi connectivity index (χ4v) is 2.70. The van der Waals surface area contributed by atoms with Crippen molar-refractivity contribution in [3.63, 3.8) is 0 Å². The van der Waals surface area contributed by atoms with Crippen LogP contribution in [0.2, 0.25) is 0 Å². The van der Waals surface area contributed by atoms with Crippen LogP contribution in [0.3, 0.4) is 0 Å². The molecule has 0 aliphatic carbocycles. The largest absolute Gasteiger partial charge is 0.497 e. The fourth-order valence-electron chi connectivity index (χ4n) is 2.38. The van der Waals surface area contributed by atoms with Gasteiger partial charge < -0.3 is 20.1 Å². The summed E-state index contributed by atoms with van der Waals surface area (Å²) in [6.45, 7) is 2.13. The van der Waals surface area contributed by atoms with Crippen molar-refractivity contribution in [3.8, 4) is 11.5 Å². The van der Waals surface area contributed by atoms with Gasteiger partial charge in [0.1, 0.15) is 11.5 Å². The van der Waals surface area contributed by atoms with Crippen molar-refractivity contribution in [1.82, 2.24) is 5.32 Å². The molecule has 5 heteroatoms. The number of hydrogen-bond donors (Lipinski definition) is 2. The van der Waals surface area contributed by atoms with Gasteiger partial charge in [-0.2, -0.15) is 0 Å². The summed E-state index contributed by atoms with van der Waals surface area (Å²) >= 11 is 5.40. The Bertz CT molecular complexity index is 662. The molecule has 2 aromatic rings. The molecular formula is C19H24N2O2S. The maximum Gasteiger partial charge on any atom is 0.171 e. The highest BCUT2D eigenvalue weighted by molar-refractivity contribution is 7.80. The smallest absolute Gasteiger partial charge is 0.171 e. The van der Waals surface area contributed by atoms with Gasteiger partial charge >= 0.3 is 0 Å². The molecule has 0 aromatic heterocycles. The van der Waals surface area contributed by atoms with E-state index in [1.165, 1.54) is 5.56 Å². The number of aryl methyl sites for hydroxylation is 1. The summed E-state index contributed by atoms with van der Waals surface area (Å²) in [4.78, 5) is 0. The van der Waals surface area contributed by atoms with Gasteiger partial charge in [-0.15, -0.1) is 0 Å². The Morgan fingerprint density at radius 1 is 1.08 bits per heavy atom. The summed E-state index contributed by atoms with van der Waals surface area (Å²) in [6, 6.07) is 16.3. The second kappa shape index (κ2) is 9.13. The third-order valence-corrected chi connectivity index (χ3v) is 3.96. The van der Waals surface area contributed by atoms with Gasteiger partial charge in [-0.3, -0.25) is 0 Å². The van der Waals surface area contributed by atoms with Gasteiger partial charge in [-0.25, -0.2) is 0 Å². The number of thiocarbonyl (C=S) groups is 1. The highest BCUT2D eigenvalue weighted by Gasteiger charge is 2.09. The Balaban J connectivity index is 1.86. The van der Waals surface area contributed by atoms with Gasteiger partial charge in [0.2, 0.25) is 0 Å². The molecule has 0 heterocycles. The zero-order chi connectivity index (χ0) is 17.4. The summed E-state index contributed by atoms with van der Waals surface area (Å²) in [6.07, 6.45) is 2.02. The summed E-state index contributed by atoms with van der Waals surface area (Å²) in [5.41, 5.74) is 2.15. The molecular weight excluding hydrogens is 320 g/mol. The second-order valence-corrected chi connectivity index (χ2v) is 6.00. The van der Waals surface area contributed by atoms with Crippen molar-refractivity contribution in [2.24, 2.45) is 0 Å². The first-order valence-corrected chi connectivity index (χ1v) is 8.36. The van der Waals surface area contributed by atoms with E-state index < -0.39 is 0 Å². The highest BCUT2D eigenvalue weighted by Crippen LogP contribution is 2.28. The second-order valence-electron chi connectivity index (χ2n) is 5.59. The Hall–Kier alpha value is -2.27. The Kier molecular flexibility index (Phi) is 6.88. The number of anilines is 1. The summed E-state index contributed by atoms with van der Waals surface area (Å²) in [7, 11) is 3.25. The van der Waals surface area contributed by atoms with Gasteiger partial charge in [-0.1, -0.05) is 30.3 Å². The molecule has 0 radical (unpaired) electrons. The molecule has 0 aliphatic rings. The van der Waals surface area contributed by atoms with E-state index in [1.54, 1.807) is 14.2 Å². The number of hydrogen-bond acceptors (Lipinski definition) is 3. The molecule has 24 heavy (non-hydrogen) atoms. The quantitative estimate of drug-likeness (QED) is 0.743. The van der Waals surface area contributed by atoms with Gasteiger partial charge in [0, 0.05) is 12.1 Å². The molecule has 0 saturated carbocycles. The van der Waals surface area contributed by atoms with Crippen molar-refractivity contribution in [1.29, 1.82) is 0 Å². The van der Waals surface area contributed by atoms with Crippen LogP contribution in [0.25, 0.3) is 0 Å². The zero-order valence-corrected chi connectivity index (χ0v) is 15.2. The minimum absolute atomic E-state index is 0.273. The van der Waals surface area contributed by atoms with Crippen LogP contribution in [-0.4, -0.2) is 25.4 Å². The average molecular weight is 344 g/mol. The summed E-state index contributed by atoms with van der Waals surface area (Å²) in [5, 5.41) is 7.08. The van der Waals surface area contributed by atoms with E-state index >= 15 is 0 Å². The van der Waals surface area contributed by atoms with E-state index in [2.05, 4.69) is 41.8 Å². The lowest BCUT2D eigenvalue weighted by atomic mass is 10.1. The molecule has 128 valence electrons. The van der Waals surface area contributed by atoms with Crippen LogP contribution in [0.4, 0.5) is 5.69 Å². The van der Waals surface area contributed by atoms with Crippen LogP contribution in [-0.2, 0) is 6.42 Å². The predicted molar refractivity (Wildman–Crippen MR) is 103 cm³/mol. The molecule has 1 atom stereocenters. The van der Waals surface area contributed by atoms with Crippen LogP contribution in [0.15, 0.2) is 48.5 Å². The molecule has 2 N–H and O–H groups in total. The molecule has 0 fully saturated rings. The van der Waals surface area contributed by atoms with Crippen molar-refractivity contribution >= 4 is 23.0 Å². The van der Waals surface area contributed by atoms with Crippen molar-refractivity contribution in [2.45, 2.75) is 25.8 Å². The van der Waals surface area contributed by atoms with Gasteiger partial charge in [0.15, 0.2) is 5.11 Å². The Morgan fingerprint density at radius 3 is 2.50 bits per heavy atom. The SMILES string of the molecule is COc1ccc(NC(=S)NC(C)CCc2ccccc2)c(OC)c1. The molecule has 0 bridgehead atoms. The van der Waals surface area contributed by atoms with Crippen LogP contribution in [0, 0.1) is 0 Å². The minimum Gasteiger partial charge on any atom is -0.497 e. The third kappa shape index (κ3) is 5.42. The minimum atomic E-state index is 0.273. The normalized spacial score (nSPS) is 11.5. The van der Waals surface area contributed by atoms with Gasteiger partial charge in [-0.05, 0) is 49.7 Å². The zero-order valence-electron chi connectivity index (χ0n) is 14.3. The molecule has 0 saturated heterocycles. The molecule has 0 amide bonds. The van der Waals surface area contributed by atoms with E-state index in [0.717, 1.165) is 24.3 Å². The maximum atomic E-state index is 5.40. The lowest BCUT2D eigenvalue weighted by Crippen LogP contribution is -2.36. The number of rotatable bonds is 7. The molecule has 0 aliphatic heterocycles. The summed E-state index contributed by atoms with van der Waals surface area (Å²) < 4.78 is 10.6. The van der Waals surface area contributed by atoms with Crippen LogP contribution in [0.5, 0.6) is 11.5 Å². The monoisotopic (exact) mass is 344 g/mol. The van der Waals surface area contributed by atoms with Crippen LogP contribution < -0.4 is 20.1 Å². The molecule has 0 spiro atoms. The predicted octanol–water partition coefficient (Wildman–Crippen LogP) is 4.01. The molecule has 2 rings (SSSR count). The van der Waals surface area contributed by atoms with Crippen LogP contribution in [0.1, 0.15) is 18.9 Å². The van der Waals surface area contributed by atoms with Crippen molar-refractivity contribution < 1.29 is 9.47 Å². The highest BCUT2D eigenvalue weighted by atomic mass is 32.1. The summed E-state index contributed by atoms with van der Waals surface area (Å²) in [5.74, 6) is 1.43.